The van der Waals surface area contributed by atoms with Crippen molar-refractivity contribution < 1.29 is 23.1 Å². The molecule has 2 aliphatic rings. The Kier molecular flexibility index (Phi) is 6.32. The van der Waals surface area contributed by atoms with Crippen LogP contribution in [0.5, 0.6) is 0 Å². The van der Waals surface area contributed by atoms with E-state index in [4.69, 9.17) is 11.6 Å². The molecule has 4 N–H and O–H groups in total. The van der Waals surface area contributed by atoms with Gasteiger partial charge in [-0.15, -0.1) is 11.3 Å². The van der Waals surface area contributed by atoms with Crippen molar-refractivity contribution in [2.24, 2.45) is 0 Å². The van der Waals surface area contributed by atoms with Gasteiger partial charge < -0.3 is 20.3 Å². The number of nitrogens with one attached hydrogen (secondary N) is 3. The van der Waals surface area contributed by atoms with Crippen LogP contribution in [0.4, 0.5) is 0 Å². The number of aromatic amines is 1. The molecule has 2 aliphatic heterocycles. The van der Waals surface area contributed by atoms with Crippen molar-refractivity contribution in [3.8, 4) is 0 Å². The highest BCUT2D eigenvalue weighted by Crippen LogP contribution is 2.28. The summed E-state index contributed by atoms with van der Waals surface area (Å²) in [5, 5.41) is 16.6. The number of carbonyl (C=O) groups is 2. The molecule has 2 atom stereocenters. The second-order valence-electron chi connectivity index (χ2n) is 8.35. The number of piperazine rings is 1. The lowest BCUT2D eigenvalue weighted by atomic mass is 10.1. The van der Waals surface area contributed by atoms with Gasteiger partial charge in [0.25, 0.3) is 15.9 Å². The van der Waals surface area contributed by atoms with Crippen molar-refractivity contribution in [2.75, 3.05) is 26.7 Å². The smallest absolute Gasteiger partial charge is 0.283 e. The molecule has 35 heavy (non-hydrogen) atoms. The Morgan fingerprint density at radius 2 is 2.09 bits per heavy atom. The van der Waals surface area contributed by atoms with Crippen LogP contribution < -0.4 is 10.6 Å². The van der Waals surface area contributed by atoms with Crippen LogP contribution in [0.1, 0.15) is 20.4 Å². The predicted octanol–water partition coefficient (Wildman–Crippen LogP) is 0.503. The summed E-state index contributed by atoms with van der Waals surface area (Å²) in [6, 6.07) is 5.50. The average Bonchev–Trinajstić information content (AvgIpc) is 3.46. The molecule has 11 nitrogen and oxygen atoms in total. The van der Waals surface area contributed by atoms with E-state index in [1.165, 1.54) is 33.7 Å². The fourth-order valence-electron chi connectivity index (χ4n) is 4.33. The van der Waals surface area contributed by atoms with Crippen LogP contribution in [0.2, 0.25) is 5.02 Å². The second-order valence-corrected chi connectivity index (χ2v) is 11.8. The highest BCUT2D eigenvalue weighted by molar-refractivity contribution is 7.89. The number of aromatic nitrogens is 2. The van der Waals surface area contributed by atoms with Gasteiger partial charge in [0.1, 0.15) is 17.3 Å². The van der Waals surface area contributed by atoms with E-state index < -0.39 is 34.1 Å². The minimum Gasteiger partial charge on any atom is -0.378 e. The molecule has 2 unspecified atom stereocenters. The van der Waals surface area contributed by atoms with Crippen LogP contribution in [0, 0.1) is 0 Å². The first kappa shape index (κ1) is 24.2. The maximum absolute atomic E-state index is 13.4. The van der Waals surface area contributed by atoms with E-state index >= 15 is 0 Å². The fourth-order valence-corrected chi connectivity index (χ4v) is 6.96. The number of likely N-dealkylation sites (N-methyl/N-ethyl adjacent to an activating group) is 1. The maximum atomic E-state index is 13.4. The van der Waals surface area contributed by atoms with Crippen molar-refractivity contribution in [3.05, 3.63) is 44.9 Å². The first-order valence-electron chi connectivity index (χ1n) is 10.9. The number of hydrogen-bond donors (Lipinski definition) is 4. The molecule has 186 valence electrons. The molecule has 0 spiro atoms. The Morgan fingerprint density at radius 1 is 1.29 bits per heavy atom. The van der Waals surface area contributed by atoms with Crippen molar-refractivity contribution in [1.29, 1.82) is 0 Å². The first-order chi connectivity index (χ1) is 16.7. The Balaban J connectivity index is 1.40. The number of H-pyrrole nitrogens is 1. The second kappa shape index (κ2) is 9.15. The van der Waals surface area contributed by atoms with Crippen LogP contribution in [-0.2, 0) is 27.8 Å². The molecule has 4 heterocycles. The van der Waals surface area contributed by atoms with Crippen LogP contribution in [0.15, 0.2) is 29.3 Å². The fraction of sp³-hybridized carbons (Fsp3) is 0.381. The van der Waals surface area contributed by atoms with Gasteiger partial charge in [-0.2, -0.15) is 4.31 Å². The van der Waals surface area contributed by atoms with E-state index in [0.717, 1.165) is 4.88 Å². The Labute approximate surface area is 210 Å². The Hall–Kier alpha value is -2.55. The predicted molar refractivity (Wildman–Crippen MR) is 130 cm³/mol. The lowest BCUT2D eigenvalue weighted by Crippen LogP contribution is -2.61. The van der Waals surface area contributed by atoms with E-state index in [2.05, 4.69) is 20.6 Å². The average molecular weight is 539 g/mol. The maximum Gasteiger partial charge on any atom is 0.283 e. The van der Waals surface area contributed by atoms with Crippen molar-refractivity contribution in [2.45, 2.75) is 30.3 Å². The molecule has 14 heteroatoms. The molecule has 1 fully saturated rings. The largest absolute Gasteiger partial charge is 0.378 e. The van der Waals surface area contributed by atoms with Gasteiger partial charge in [0.2, 0.25) is 5.91 Å². The minimum atomic E-state index is -3.97. The zero-order chi connectivity index (χ0) is 24.9. The number of aliphatic hydroxyl groups is 1. The molecule has 0 aliphatic carbocycles. The van der Waals surface area contributed by atoms with Gasteiger partial charge in [0, 0.05) is 60.5 Å². The highest BCUT2D eigenvalue weighted by atomic mass is 35.5. The Bertz CT molecular complexity index is 1420. The zero-order valence-electron chi connectivity index (χ0n) is 18.6. The lowest BCUT2D eigenvalue weighted by Gasteiger charge is -2.39. The summed E-state index contributed by atoms with van der Waals surface area (Å²) < 4.78 is 28.0. The van der Waals surface area contributed by atoms with E-state index in [1.807, 2.05) is 0 Å². The van der Waals surface area contributed by atoms with E-state index in [-0.39, 0.29) is 29.7 Å². The number of hydrogen-bond acceptors (Lipinski definition) is 8. The number of fused-ring (bicyclic) bond motifs is 2. The number of nitrogens with zero attached hydrogens (tertiary/aromatic N) is 3. The first-order valence-corrected chi connectivity index (χ1v) is 13.5. The number of amides is 2. The summed E-state index contributed by atoms with van der Waals surface area (Å²) in [7, 11) is -2.53. The molecule has 5 rings (SSSR count). The molecule has 0 saturated carbocycles. The lowest BCUT2D eigenvalue weighted by molar-refractivity contribution is -0.126. The molecule has 2 aromatic heterocycles. The summed E-state index contributed by atoms with van der Waals surface area (Å²) in [6.07, 6.45) is -0.430. The van der Waals surface area contributed by atoms with Gasteiger partial charge >= 0.3 is 0 Å². The van der Waals surface area contributed by atoms with Crippen LogP contribution in [0.3, 0.4) is 0 Å². The van der Waals surface area contributed by atoms with E-state index in [1.54, 1.807) is 18.2 Å². The van der Waals surface area contributed by atoms with Gasteiger partial charge in [0.15, 0.2) is 5.01 Å². The number of rotatable bonds is 4. The van der Waals surface area contributed by atoms with Crippen LogP contribution >= 0.6 is 22.9 Å². The third-order valence-electron chi connectivity index (χ3n) is 6.18. The van der Waals surface area contributed by atoms with Crippen molar-refractivity contribution in [1.82, 2.24) is 29.8 Å². The molecular weight excluding hydrogens is 516 g/mol. The summed E-state index contributed by atoms with van der Waals surface area (Å²) in [6.45, 7) is 0.244. The molecule has 0 bridgehead atoms. The minimum absolute atomic E-state index is 0.0103. The van der Waals surface area contributed by atoms with Crippen LogP contribution in [-0.4, -0.2) is 83.5 Å². The summed E-state index contributed by atoms with van der Waals surface area (Å²) in [4.78, 5) is 35.6. The highest BCUT2D eigenvalue weighted by Gasteiger charge is 2.41. The van der Waals surface area contributed by atoms with Gasteiger partial charge in [-0.3, -0.25) is 14.9 Å². The monoisotopic (exact) mass is 538 g/mol. The van der Waals surface area contributed by atoms with Gasteiger partial charge in [0.05, 0.1) is 5.69 Å². The normalized spacial score (nSPS) is 21.2. The third-order valence-corrected chi connectivity index (χ3v) is 9.28. The van der Waals surface area contributed by atoms with Crippen LogP contribution in [0.25, 0.3) is 10.9 Å². The Morgan fingerprint density at radius 3 is 2.86 bits per heavy atom. The van der Waals surface area contributed by atoms with Gasteiger partial charge in [-0.25, -0.2) is 13.4 Å². The number of aliphatic hydroxyl groups excluding tert-OH is 1. The SMILES string of the molecule is CNC(=O)C1CN(S(=O)(=O)c2cc3cc(Cl)ccc3[nH]2)CCN1C(=O)c1nc2c(s1)CNC(O)C2. The van der Waals surface area contributed by atoms with E-state index in [9.17, 15) is 23.1 Å². The molecule has 2 amide bonds. The van der Waals surface area contributed by atoms with Crippen molar-refractivity contribution in [3.63, 3.8) is 0 Å². The van der Waals surface area contributed by atoms with E-state index in [0.29, 0.717) is 34.6 Å². The van der Waals surface area contributed by atoms with Gasteiger partial charge in [-0.05, 0) is 24.3 Å². The number of carbonyl (C=O) groups excluding carboxylic acids is 2. The summed E-state index contributed by atoms with van der Waals surface area (Å²) >= 11 is 7.23. The van der Waals surface area contributed by atoms with Crippen molar-refractivity contribution >= 4 is 55.7 Å². The van der Waals surface area contributed by atoms with Gasteiger partial charge in [-0.1, -0.05) is 11.6 Å². The molecule has 1 saturated heterocycles. The summed E-state index contributed by atoms with van der Waals surface area (Å²) in [5.74, 6) is -0.912. The number of halogens is 1. The molecule has 1 aromatic carbocycles. The molecule has 0 radical (unpaired) electrons. The quantitative estimate of drug-likeness (QED) is 0.378. The number of benzene rings is 1. The zero-order valence-corrected chi connectivity index (χ0v) is 21.0. The summed E-state index contributed by atoms with van der Waals surface area (Å²) in [5.41, 5.74) is 1.28. The topological polar surface area (TPSA) is 148 Å². The standard InChI is InChI=1S/C21H23ClN6O5S2/c1-23-19(30)15-10-27(35(32,33)18-7-11-6-12(22)2-3-13(11)25-18)4-5-28(15)21(31)20-26-14-8-17(29)24-9-16(14)34-20/h2-3,6-7,15,17,24-25,29H,4-5,8-10H2,1H3,(H,23,30). The molecular formula is C21H23ClN6O5S2. The third kappa shape index (κ3) is 4.43. The number of sulfonamides is 1. The number of thiazole rings is 1. The molecule has 3 aromatic rings.